The van der Waals surface area contributed by atoms with Crippen LogP contribution in [0.1, 0.15) is 31.7 Å². The number of benzene rings is 1. The first-order chi connectivity index (χ1) is 9.95. The maximum Gasteiger partial charge on any atom is 0.311 e. The molecule has 5 heteroatoms. The predicted molar refractivity (Wildman–Crippen MR) is 78.2 cm³/mol. The van der Waals surface area contributed by atoms with Gasteiger partial charge < -0.3 is 15.2 Å². The summed E-state index contributed by atoms with van der Waals surface area (Å²) in [7, 11) is 1.58. The van der Waals surface area contributed by atoms with Crippen molar-refractivity contribution in [2.24, 2.45) is 5.41 Å². The summed E-state index contributed by atoms with van der Waals surface area (Å²) >= 11 is 0. The molecule has 5 nitrogen and oxygen atoms in total. The van der Waals surface area contributed by atoms with Crippen molar-refractivity contribution in [1.82, 2.24) is 5.32 Å². The molecule has 1 aromatic carbocycles. The van der Waals surface area contributed by atoms with Crippen molar-refractivity contribution in [1.29, 1.82) is 0 Å². The summed E-state index contributed by atoms with van der Waals surface area (Å²) in [5, 5.41) is 12.2. The molecule has 2 unspecified atom stereocenters. The van der Waals surface area contributed by atoms with Crippen LogP contribution in [0.4, 0.5) is 0 Å². The molecule has 1 saturated carbocycles. The van der Waals surface area contributed by atoms with Crippen LogP contribution in [0.2, 0.25) is 0 Å². The quantitative estimate of drug-likeness (QED) is 0.870. The Morgan fingerprint density at radius 1 is 1.48 bits per heavy atom. The van der Waals surface area contributed by atoms with Gasteiger partial charge in [-0.15, -0.1) is 0 Å². The number of nitrogens with one attached hydrogen (secondary N) is 1. The Morgan fingerprint density at radius 3 is 2.90 bits per heavy atom. The number of amides is 1. The molecule has 2 N–H and O–H groups in total. The molecular formula is C16H21NO4. The molecule has 0 aliphatic heterocycles. The lowest BCUT2D eigenvalue weighted by Crippen LogP contribution is -2.47. The van der Waals surface area contributed by atoms with Crippen LogP contribution in [0, 0.1) is 5.41 Å². The third kappa shape index (κ3) is 3.35. The standard InChI is InChI=1S/C16H21NO4/c1-16(15(19)20)8-4-7-13(16)17-14(18)10-11-5-3-6-12(9-11)21-2/h3,5-6,9,13H,4,7-8,10H2,1-2H3,(H,17,18)(H,19,20). The highest BCUT2D eigenvalue weighted by Crippen LogP contribution is 2.38. The molecule has 0 aromatic heterocycles. The van der Waals surface area contributed by atoms with E-state index in [-0.39, 0.29) is 18.4 Å². The van der Waals surface area contributed by atoms with E-state index in [1.54, 1.807) is 14.0 Å². The van der Waals surface area contributed by atoms with E-state index in [1.807, 2.05) is 24.3 Å². The fraction of sp³-hybridized carbons (Fsp3) is 0.500. The molecule has 0 radical (unpaired) electrons. The summed E-state index contributed by atoms with van der Waals surface area (Å²) < 4.78 is 5.12. The van der Waals surface area contributed by atoms with Crippen molar-refractivity contribution in [2.45, 2.75) is 38.6 Å². The van der Waals surface area contributed by atoms with Crippen LogP contribution >= 0.6 is 0 Å². The first kappa shape index (κ1) is 15.4. The van der Waals surface area contributed by atoms with Crippen LogP contribution in [0.3, 0.4) is 0 Å². The highest BCUT2D eigenvalue weighted by atomic mass is 16.5. The zero-order valence-electron chi connectivity index (χ0n) is 12.4. The first-order valence-electron chi connectivity index (χ1n) is 7.11. The van der Waals surface area contributed by atoms with Gasteiger partial charge in [0.25, 0.3) is 0 Å². The number of carboxylic acid groups (broad SMARTS) is 1. The predicted octanol–water partition coefficient (Wildman–Crippen LogP) is 2.00. The maximum absolute atomic E-state index is 12.1. The molecular weight excluding hydrogens is 270 g/mol. The van der Waals surface area contributed by atoms with Gasteiger partial charge in [-0.3, -0.25) is 9.59 Å². The fourth-order valence-electron chi connectivity index (χ4n) is 2.87. The second-order valence-electron chi connectivity index (χ2n) is 5.76. The largest absolute Gasteiger partial charge is 0.497 e. The Bertz CT molecular complexity index is 543. The van der Waals surface area contributed by atoms with Gasteiger partial charge in [-0.25, -0.2) is 0 Å². The number of methoxy groups -OCH3 is 1. The van der Waals surface area contributed by atoms with Crippen molar-refractivity contribution in [3.05, 3.63) is 29.8 Å². The van der Waals surface area contributed by atoms with Crippen molar-refractivity contribution in [3.8, 4) is 5.75 Å². The number of ether oxygens (including phenoxy) is 1. The van der Waals surface area contributed by atoms with Gasteiger partial charge in [-0.05, 0) is 37.5 Å². The van der Waals surface area contributed by atoms with Crippen LogP contribution < -0.4 is 10.1 Å². The van der Waals surface area contributed by atoms with E-state index >= 15 is 0 Å². The molecule has 0 spiro atoms. The molecule has 0 saturated heterocycles. The number of carbonyl (C=O) groups excluding carboxylic acids is 1. The molecule has 0 bridgehead atoms. The Kier molecular flexibility index (Phi) is 4.50. The molecule has 1 aliphatic carbocycles. The van der Waals surface area contributed by atoms with Gasteiger partial charge >= 0.3 is 5.97 Å². The van der Waals surface area contributed by atoms with E-state index < -0.39 is 11.4 Å². The SMILES string of the molecule is COc1cccc(CC(=O)NC2CCCC2(C)C(=O)O)c1. The lowest BCUT2D eigenvalue weighted by atomic mass is 9.85. The molecule has 1 amide bonds. The van der Waals surface area contributed by atoms with Crippen molar-refractivity contribution >= 4 is 11.9 Å². The summed E-state index contributed by atoms with van der Waals surface area (Å²) in [6.07, 6.45) is 2.37. The normalized spacial score (nSPS) is 24.6. The van der Waals surface area contributed by atoms with Gasteiger partial charge in [0, 0.05) is 6.04 Å². The summed E-state index contributed by atoms with van der Waals surface area (Å²) in [5.74, 6) is -0.286. The van der Waals surface area contributed by atoms with E-state index in [9.17, 15) is 14.7 Å². The minimum Gasteiger partial charge on any atom is -0.497 e. The third-order valence-electron chi connectivity index (χ3n) is 4.28. The van der Waals surface area contributed by atoms with Gasteiger partial charge in [0.2, 0.25) is 5.91 Å². The molecule has 21 heavy (non-hydrogen) atoms. The van der Waals surface area contributed by atoms with E-state index in [4.69, 9.17) is 4.74 Å². The van der Waals surface area contributed by atoms with Crippen molar-refractivity contribution in [2.75, 3.05) is 7.11 Å². The van der Waals surface area contributed by atoms with Crippen LogP contribution in [0.5, 0.6) is 5.75 Å². The average Bonchev–Trinajstić information content (AvgIpc) is 2.81. The van der Waals surface area contributed by atoms with Crippen LogP contribution in [0.25, 0.3) is 0 Å². The first-order valence-corrected chi connectivity index (χ1v) is 7.11. The summed E-state index contributed by atoms with van der Waals surface area (Å²) in [6, 6.07) is 7.02. The van der Waals surface area contributed by atoms with E-state index in [2.05, 4.69) is 5.32 Å². The van der Waals surface area contributed by atoms with Gasteiger partial charge in [-0.1, -0.05) is 18.6 Å². The van der Waals surface area contributed by atoms with Crippen molar-refractivity contribution in [3.63, 3.8) is 0 Å². The number of carboxylic acids is 1. The lowest BCUT2D eigenvalue weighted by Gasteiger charge is -2.27. The second-order valence-corrected chi connectivity index (χ2v) is 5.76. The van der Waals surface area contributed by atoms with Gasteiger partial charge in [0.05, 0.1) is 18.9 Å². The van der Waals surface area contributed by atoms with Crippen LogP contribution in [-0.4, -0.2) is 30.1 Å². The zero-order chi connectivity index (χ0) is 15.5. The Labute approximate surface area is 124 Å². The number of hydrogen-bond acceptors (Lipinski definition) is 3. The van der Waals surface area contributed by atoms with Crippen molar-refractivity contribution < 1.29 is 19.4 Å². The van der Waals surface area contributed by atoms with Gasteiger partial charge in [0.15, 0.2) is 0 Å². The molecule has 1 aliphatic rings. The zero-order valence-corrected chi connectivity index (χ0v) is 12.4. The van der Waals surface area contributed by atoms with Crippen LogP contribution in [-0.2, 0) is 16.0 Å². The summed E-state index contributed by atoms with van der Waals surface area (Å²) in [5.41, 5.74) is -0.00815. The highest BCUT2D eigenvalue weighted by molar-refractivity contribution is 5.81. The number of aliphatic carboxylic acids is 1. The molecule has 1 fully saturated rings. The van der Waals surface area contributed by atoms with Crippen LogP contribution in [0.15, 0.2) is 24.3 Å². The summed E-state index contributed by atoms with van der Waals surface area (Å²) in [6.45, 7) is 1.71. The Balaban J connectivity index is 2.00. The smallest absolute Gasteiger partial charge is 0.311 e. The molecule has 2 atom stereocenters. The Hall–Kier alpha value is -2.04. The number of hydrogen-bond donors (Lipinski definition) is 2. The number of carbonyl (C=O) groups is 2. The average molecular weight is 291 g/mol. The Morgan fingerprint density at radius 2 is 2.24 bits per heavy atom. The molecule has 0 heterocycles. The number of rotatable bonds is 5. The summed E-state index contributed by atoms with van der Waals surface area (Å²) in [4.78, 5) is 23.5. The maximum atomic E-state index is 12.1. The monoisotopic (exact) mass is 291 g/mol. The second kappa shape index (κ2) is 6.16. The molecule has 114 valence electrons. The highest BCUT2D eigenvalue weighted by Gasteiger charge is 2.45. The molecule has 1 aromatic rings. The topological polar surface area (TPSA) is 75.6 Å². The van der Waals surface area contributed by atoms with E-state index in [0.29, 0.717) is 18.6 Å². The lowest BCUT2D eigenvalue weighted by molar-refractivity contribution is -0.149. The minimum absolute atomic E-state index is 0.150. The third-order valence-corrected chi connectivity index (χ3v) is 4.28. The molecule has 2 rings (SSSR count). The van der Waals surface area contributed by atoms with E-state index in [1.165, 1.54) is 0 Å². The van der Waals surface area contributed by atoms with Gasteiger partial charge in [-0.2, -0.15) is 0 Å². The fourth-order valence-corrected chi connectivity index (χ4v) is 2.87. The van der Waals surface area contributed by atoms with Gasteiger partial charge in [0.1, 0.15) is 5.75 Å². The van der Waals surface area contributed by atoms with E-state index in [0.717, 1.165) is 12.0 Å². The minimum atomic E-state index is -0.857.